The van der Waals surface area contributed by atoms with E-state index in [1.165, 1.54) is 38.8 Å². The van der Waals surface area contributed by atoms with Gasteiger partial charge < -0.3 is 15.4 Å². The number of hydrogen-bond donors (Lipinski definition) is 1. The van der Waals surface area contributed by atoms with Crippen molar-refractivity contribution in [2.24, 2.45) is 11.7 Å². The lowest BCUT2D eigenvalue weighted by Gasteiger charge is -2.23. The van der Waals surface area contributed by atoms with Gasteiger partial charge in [-0.1, -0.05) is 6.42 Å². The van der Waals surface area contributed by atoms with Crippen molar-refractivity contribution in [2.45, 2.75) is 25.7 Å². The van der Waals surface area contributed by atoms with E-state index in [1.807, 2.05) is 0 Å². The number of nitrogens with zero attached hydrogens (tertiary/aromatic N) is 1. The highest BCUT2D eigenvalue weighted by molar-refractivity contribution is 4.71. The van der Waals surface area contributed by atoms with E-state index < -0.39 is 0 Å². The third-order valence-corrected chi connectivity index (χ3v) is 3.03. The Hall–Kier alpha value is -0.120. The molecule has 2 N–H and O–H groups in total. The fourth-order valence-electron chi connectivity index (χ4n) is 2.22. The van der Waals surface area contributed by atoms with E-state index in [-0.39, 0.29) is 0 Å². The summed E-state index contributed by atoms with van der Waals surface area (Å²) in [5, 5.41) is 0. The average molecular weight is 200 g/mol. The molecule has 0 amide bonds. The Bertz CT molecular complexity index is 141. The highest BCUT2D eigenvalue weighted by Gasteiger charge is 2.16. The molecular formula is C11H24N2O. The second-order valence-corrected chi connectivity index (χ2v) is 4.23. The largest absolute Gasteiger partial charge is 0.385 e. The maximum absolute atomic E-state index is 5.59. The lowest BCUT2D eigenvalue weighted by molar-refractivity contribution is 0.161. The molecule has 1 heterocycles. The van der Waals surface area contributed by atoms with E-state index >= 15 is 0 Å². The number of nitrogens with two attached hydrogens (primary N) is 1. The summed E-state index contributed by atoms with van der Waals surface area (Å²) < 4.78 is 5.14. The molecule has 1 rings (SSSR count). The topological polar surface area (TPSA) is 38.5 Å². The van der Waals surface area contributed by atoms with Crippen molar-refractivity contribution in [2.75, 3.05) is 39.9 Å². The van der Waals surface area contributed by atoms with Crippen LogP contribution < -0.4 is 5.73 Å². The van der Waals surface area contributed by atoms with Crippen LogP contribution in [0.25, 0.3) is 0 Å². The van der Waals surface area contributed by atoms with Crippen LogP contribution in [0.2, 0.25) is 0 Å². The monoisotopic (exact) mass is 200 g/mol. The average Bonchev–Trinajstić information content (AvgIpc) is 2.41. The molecule has 3 heteroatoms. The number of rotatable bonds is 5. The smallest absolute Gasteiger partial charge is 0.0465 e. The molecule has 0 aliphatic carbocycles. The van der Waals surface area contributed by atoms with Crippen LogP contribution in [0, 0.1) is 5.92 Å². The molecule has 1 aliphatic heterocycles. The van der Waals surface area contributed by atoms with E-state index in [0.717, 1.165) is 25.6 Å². The van der Waals surface area contributed by atoms with Crippen LogP contribution in [-0.4, -0.2) is 44.8 Å². The summed E-state index contributed by atoms with van der Waals surface area (Å²) in [6.07, 6.45) is 5.28. The lowest BCUT2D eigenvalue weighted by Crippen LogP contribution is -2.33. The fraction of sp³-hybridized carbons (Fsp3) is 1.00. The lowest BCUT2D eigenvalue weighted by atomic mass is 10.0. The number of likely N-dealkylation sites (tertiary alicyclic amines) is 1. The van der Waals surface area contributed by atoms with Crippen LogP contribution in [0.3, 0.4) is 0 Å². The molecule has 0 aromatic rings. The molecule has 1 atom stereocenters. The summed E-state index contributed by atoms with van der Waals surface area (Å²) in [5.41, 5.74) is 5.59. The van der Waals surface area contributed by atoms with Gasteiger partial charge in [0.05, 0.1) is 0 Å². The minimum Gasteiger partial charge on any atom is -0.385 e. The van der Waals surface area contributed by atoms with E-state index in [4.69, 9.17) is 10.5 Å². The first-order valence-corrected chi connectivity index (χ1v) is 5.78. The molecule has 14 heavy (non-hydrogen) atoms. The Morgan fingerprint density at radius 2 is 2.29 bits per heavy atom. The summed E-state index contributed by atoms with van der Waals surface area (Å²) >= 11 is 0. The van der Waals surface area contributed by atoms with Crippen molar-refractivity contribution in [3.05, 3.63) is 0 Å². The Balaban J connectivity index is 2.27. The highest BCUT2D eigenvalue weighted by atomic mass is 16.5. The second-order valence-electron chi connectivity index (χ2n) is 4.23. The third kappa shape index (κ3) is 4.40. The summed E-state index contributed by atoms with van der Waals surface area (Å²) in [6.45, 7) is 5.21. The Kier molecular flexibility index (Phi) is 6.15. The van der Waals surface area contributed by atoms with Crippen molar-refractivity contribution in [1.29, 1.82) is 0 Å². The molecular weight excluding hydrogens is 176 g/mol. The molecule has 1 saturated heterocycles. The van der Waals surface area contributed by atoms with Gasteiger partial charge >= 0.3 is 0 Å². The first kappa shape index (κ1) is 12.0. The van der Waals surface area contributed by atoms with Gasteiger partial charge in [-0.25, -0.2) is 0 Å². The summed E-state index contributed by atoms with van der Waals surface area (Å²) in [6, 6.07) is 0. The van der Waals surface area contributed by atoms with Crippen LogP contribution in [0.5, 0.6) is 0 Å². The molecule has 0 aromatic heterocycles. The second kappa shape index (κ2) is 7.21. The van der Waals surface area contributed by atoms with Gasteiger partial charge in [0.2, 0.25) is 0 Å². The molecule has 1 unspecified atom stereocenters. The molecule has 0 aromatic carbocycles. The number of ether oxygens (including phenoxy) is 1. The van der Waals surface area contributed by atoms with Gasteiger partial charge in [0.1, 0.15) is 0 Å². The Morgan fingerprint density at radius 1 is 1.43 bits per heavy atom. The zero-order valence-corrected chi connectivity index (χ0v) is 9.37. The van der Waals surface area contributed by atoms with Gasteiger partial charge in [0, 0.05) is 33.4 Å². The predicted octanol–water partition coefficient (Wildman–Crippen LogP) is 1.08. The molecule has 0 saturated carbocycles. The quantitative estimate of drug-likeness (QED) is 0.722. The van der Waals surface area contributed by atoms with Crippen molar-refractivity contribution < 1.29 is 4.74 Å². The van der Waals surface area contributed by atoms with Gasteiger partial charge in [-0.05, 0) is 31.7 Å². The van der Waals surface area contributed by atoms with Crippen LogP contribution in [0.15, 0.2) is 0 Å². The van der Waals surface area contributed by atoms with E-state index in [2.05, 4.69) is 4.90 Å². The summed E-state index contributed by atoms with van der Waals surface area (Å²) in [7, 11) is 1.79. The first-order valence-electron chi connectivity index (χ1n) is 5.78. The van der Waals surface area contributed by atoms with Crippen molar-refractivity contribution in [3.8, 4) is 0 Å². The van der Waals surface area contributed by atoms with E-state index in [9.17, 15) is 0 Å². The Morgan fingerprint density at radius 3 is 3.00 bits per heavy atom. The minimum absolute atomic E-state index is 0.789. The van der Waals surface area contributed by atoms with E-state index in [0.29, 0.717) is 0 Å². The standard InChI is InChI=1S/C11H24N2O/c1-14-9-5-11-4-2-3-7-13(10-11)8-6-12/h11H,2-10,12H2,1H3. The highest BCUT2D eigenvalue weighted by Crippen LogP contribution is 2.18. The number of methoxy groups -OCH3 is 1. The zero-order valence-electron chi connectivity index (χ0n) is 9.37. The van der Waals surface area contributed by atoms with Gasteiger partial charge in [-0.3, -0.25) is 0 Å². The normalized spacial score (nSPS) is 24.9. The first-order chi connectivity index (χ1) is 6.86. The van der Waals surface area contributed by atoms with Crippen molar-refractivity contribution in [1.82, 2.24) is 4.90 Å². The predicted molar refractivity (Wildman–Crippen MR) is 59.3 cm³/mol. The molecule has 0 radical (unpaired) electrons. The molecule has 1 fully saturated rings. The van der Waals surface area contributed by atoms with Crippen molar-refractivity contribution >= 4 is 0 Å². The maximum atomic E-state index is 5.59. The molecule has 84 valence electrons. The van der Waals surface area contributed by atoms with Gasteiger partial charge in [0.25, 0.3) is 0 Å². The number of hydrogen-bond acceptors (Lipinski definition) is 3. The van der Waals surface area contributed by atoms with Gasteiger partial charge in [-0.15, -0.1) is 0 Å². The molecule has 0 spiro atoms. The summed E-state index contributed by atoms with van der Waals surface area (Å²) in [5.74, 6) is 0.823. The molecule has 3 nitrogen and oxygen atoms in total. The molecule has 0 bridgehead atoms. The van der Waals surface area contributed by atoms with Crippen LogP contribution in [0.4, 0.5) is 0 Å². The van der Waals surface area contributed by atoms with Gasteiger partial charge in [0.15, 0.2) is 0 Å². The minimum atomic E-state index is 0.789. The Labute approximate surface area is 87.6 Å². The van der Waals surface area contributed by atoms with E-state index in [1.54, 1.807) is 7.11 Å². The summed E-state index contributed by atoms with van der Waals surface area (Å²) in [4.78, 5) is 2.51. The maximum Gasteiger partial charge on any atom is 0.0465 e. The SMILES string of the molecule is COCCC1CCCCN(CCN)C1. The van der Waals surface area contributed by atoms with Crippen molar-refractivity contribution in [3.63, 3.8) is 0 Å². The van der Waals surface area contributed by atoms with Gasteiger partial charge in [-0.2, -0.15) is 0 Å². The van der Waals surface area contributed by atoms with Crippen LogP contribution in [-0.2, 0) is 4.74 Å². The fourth-order valence-corrected chi connectivity index (χ4v) is 2.22. The van der Waals surface area contributed by atoms with Crippen LogP contribution in [0.1, 0.15) is 25.7 Å². The third-order valence-electron chi connectivity index (χ3n) is 3.03. The molecule has 1 aliphatic rings. The van der Waals surface area contributed by atoms with Crippen LogP contribution >= 0.6 is 0 Å². The zero-order chi connectivity index (χ0) is 10.2.